The van der Waals surface area contributed by atoms with Crippen molar-refractivity contribution in [3.05, 3.63) is 71.2 Å². The molecule has 0 unspecified atom stereocenters. The molecular weight excluding hydrogens is 412 g/mol. The third kappa shape index (κ3) is 3.22. The molecule has 1 aliphatic rings. The Morgan fingerprint density at radius 1 is 1.03 bits per heavy atom. The summed E-state index contributed by atoms with van der Waals surface area (Å²) in [4.78, 5) is 13.0. The third-order valence-electron chi connectivity index (χ3n) is 4.82. The van der Waals surface area contributed by atoms with Crippen LogP contribution in [0.5, 0.6) is 5.75 Å². The fourth-order valence-electron chi connectivity index (χ4n) is 3.31. The van der Waals surface area contributed by atoms with Crippen molar-refractivity contribution >= 4 is 38.9 Å². The molecule has 1 amide bonds. The van der Waals surface area contributed by atoms with Crippen molar-refractivity contribution in [3.63, 3.8) is 0 Å². The van der Waals surface area contributed by atoms with Crippen LogP contribution in [0.1, 0.15) is 10.4 Å². The van der Waals surface area contributed by atoms with E-state index in [1.54, 1.807) is 60.7 Å². The molecule has 0 saturated carbocycles. The second-order valence-corrected chi connectivity index (χ2v) is 8.85. The van der Waals surface area contributed by atoms with Gasteiger partial charge in [0.25, 0.3) is 15.9 Å². The summed E-state index contributed by atoms with van der Waals surface area (Å²) in [6.45, 7) is 0. The number of fused-ring (bicyclic) bond motifs is 3. The first-order valence-electron chi connectivity index (χ1n) is 8.70. The molecule has 29 heavy (non-hydrogen) atoms. The maximum atomic E-state index is 12.8. The Hall–Kier alpha value is -3.03. The lowest BCUT2D eigenvalue weighted by molar-refractivity contribution is 0.102. The molecule has 1 heterocycles. The Kier molecular flexibility index (Phi) is 4.72. The first-order valence-corrected chi connectivity index (χ1v) is 10.5. The molecule has 8 heteroatoms. The normalized spacial score (nSPS) is 14.0. The van der Waals surface area contributed by atoms with Gasteiger partial charge in [0.05, 0.1) is 22.7 Å². The van der Waals surface area contributed by atoms with Gasteiger partial charge in [-0.05, 0) is 42.5 Å². The largest absolute Gasteiger partial charge is 0.495 e. The Labute approximate surface area is 173 Å². The fraction of sp³-hybridized carbons (Fsp3) is 0.0952. The molecule has 1 N–H and O–H groups in total. The van der Waals surface area contributed by atoms with Crippen LogP contribution in [-0.2, 0) is 10.0 Å². The number of rotatable bonds is 3. The van der Waals surface area contributed by atoms with E-state index in [9.17, 15) is 13.2 Å². The second-order valence-electron chi connectivity index (χ2n) is 6.50. The van der Waals surface area contributed by atoms with Gasteiger partial charge in [0, 0.05) is 29.4 Å². The topological polar surface area (TPSA) is 75.7 Å². The number of nitrogens with zero attached hydrogens (tertiary/aromatic N) is 1. The van der Waals surface area contributed by atoms with Crippen molar-refractivity contribution in [1.29, 1.82) is 0 Å². The van der Waals surface area contributed by atoms with Crippen LogP contribution < -0.4 is 14.4 Å². The molecule has 3 aromatic carbocycles. The molecule has 0 radical (unpaired) electrons. The highest BCUT2D eigenvalue weighted by Crippen LogP contribution is 2.42. The Morgan fingerprint density at radius 2 is 1.79 bits per heavy atom. The van der Waals surface area contributed by atoms with Gasteiger partial charge >= 0.3 is 0 Å². The first-order chi connectivity index (χ1) is 13.8. The van der Waals surface area contributed by atoms with Crippen molar-refractivity contribution in [3.8, 4) is 16.9 Å². The van der Waals surface area contributed by atoms with E-state index in [4.69, 9.17) is 16.3 Å². The van der Waals surface area contributed by atoms with Gasteiger partial charge in [-0.3, -0.25) is 9.10 Å². The predicted molar refractivity (Wildman–Crippen MR) is 113 cm³/mol. The van der Waals surface area contributed by atoms with E-state index in [0.717, 1.165) is 0 Å². The number of halogens is 1. The van der Waals surface area contributed by atoms with Gasteiger partial charge in [-0.1, -0.05) is 29.8 Å². The lowest BCUT2D eigenvalue weighted by Gasteiger charge is -2.29. The van der Waals surface area contributed by atoms with E-state index in [1.807, 2.05) is 0 Å². The summed E-state index contributed by atoms with van der Waals surface area (Å²) in [5, 5.41) is 3.18. The molecule has 0 spiro atoms. The molecule has 0 saturated heterocycles. The number of ether oxygens (including phenoxy) is 1. The van der Waals surface area contributed by atoms with Crippen LogP contribution >= 0.6 is 11.6 Å². The van der Waals surface area contributed by atoms with Gasteiger partial charge in [-0.25, -0.2) is 8.42 Å². The maximum absolute atomic E-state index is 12.8. The van der Waals surface area contributed by atoms with Gasteiger partial charge in [-0.15, -0.1) is 0 Å². The zero-order valence-corrected chi connectivity index (χ0v) is 17.2. The van der Waals surface area contributed by atoms with Crippen LogP contribution in [0.4, 0.5) is 11.4 Å². The average molecular weight is 429 g/mol. The molecule has 4 rings (SSSR count). The lowest BCUT2D eigenvalue weighted by atomic mass is 10.00. The highest BCUT2D eigenvalue weighted by atomic mass is 35.5. The standard InChI is InChI=1S/C21H17ClN2O4S/c1-24-18-9-7-13(21(25)23-14-8-10-19(28-2)17(22)12-14)11-16(18)15-5-3-4-6-20(15)29(24,26)27/h3-12H,1-2H3,(H,23,25). The smallest absolute Gasteiger partial charge is 0.264 e. The Bertz CT molecular complexity index is 1240. The van der Waals surface area contributed by atoms with Gasteiger partial charge in [0.2, 0.25) is 0 Å². The van der Waals surface area contributed by atoms with Crippen LogP contribution in [-0.4, -0.2) is 28.5 Å². The van der Waals surface area contributed by atoms with E-state index >= 15 is 0 Å². The van der Waals surface area contributed by atoms with E-state index in [2.05, 4.69) is 5.32 Å². The molecule has 3 aromatic rings. The fourth-order valence-corrected chi connectivity index (χ4v) is 4.98. The molecule has 0 aliphatic carbocycles. The number of carbonyl (C=O) groups is 1. The maximum Gasteiger partial charge on any atom is 0.264 e. The summed E-state index contributed by atoms with van der Waals surface area (Å²) in [6, 6.07) is 16.6. The summed E-state index contributed by atoms with van der Waals surface area (Å²) in [7, 11) is -0.602. The molecule has 148 valence electrons. The van der Waals surface area contributed by atoms with Crippen molar-refractivity contribution in [2.75, 3.05) is 23.8 Å². The third-order valence-corrected chi connectivity index (χ3v) is 6.95. The summed E-state index contributed by atoms with van der Waals surface area (Å²) in [5.74, 6) is 0.182. The number of anilines is 2. The number of methoxy groups -OCH3 is 1. The van der Waals surface area contributed by atoms with Gasteiger partial charge < -0.3 is 10.1 Å². The molecule has 1 aliphatic heterocycles. The van der Waals surface area contributed by atoms with Crippen LogP contribution in [0.25, 0.3) is 11.1 Å². The quantitative estimate of drug-likeness (QED) is 0.670. The lowest BCUT2D eigenvalue weighted by Crippen LogP contribution is -2.30. The zero-order valence-electron chi connectivity index (χ0n) is 15.6. The van der Waals surface area contributed by atoms with Crippen LogP contribution in [0.2, 0.25) is 5.02 Å². The zero-order chi connectivity index (χ0) is 20.8. The van der Waals surface area contributed by atoms with Crippen LogP contribution in [0, 0.1) is 0 Å². The van der Waals surface area contributed by atoms with E-state index < -0.39 is 10.0 Å². The van der Waals surface area contributed by atoms with E-state index in [1.165, 1.54) is 18.5 Å². The SMILES string of the molecule is COc1ccc(NC(=O)c2ccc3c(c2)-c2ccccc2S(=O)(=O)N3C)cc1Cl. The van der Waals surface area contributed by atoms with Crippen molar-refractivity contribution in [2.45, 2.75) is 4.90 Å². The van der Waals surface area contributed by atoms with E-state index in [-0.39, 0.29) is 10.8 Å². The highest BCUT2D eigenvalue weighted by Gasteiger charge is 2.32. The molecule has 0 bridgehead atoms. The van der Waals surface area contributed by atoms with Crippen molar-refractivity contribution in [1.82, 2.24) is 0 Å². The molecule has 0 fully saturated rings. The molecule has 6 nitrogen and oxygen atoms in total. The summed E-state index contributed by atoms with van der Waals surface area (Å²) in [5.41, 5.74) is 2.70. The average Bonchev–Trinajstić information content (AvgIpc) is 2.72. The number of hydrogen-bond acceptors (Lipinski definition) is 4. The van der Waals surface area contributed by atoms with Gasteiger partial charge in [-0.2, -0.15) is 0 Å². The van der Waals surface area contributed by atoms with Crippen molar-refractivity contribution in [2.24, 2.45) is 0 Å². The number of carbonyl (C=O) groups excluding carboxylic acids is 1. The van der Waals surface area contributed by atoms with Gasteiger partial charge in [0.15, 0.2) is 0 Å². The predicted octanol–water partition coefficient (Wildman–Crippen LogP) is 4.41. The Morgan fingerprint density at radius 3 is 2.52 bits per heavy atom. The summed E-state index contributed by atoms with van der Waals surface area (Å²) in [6.07, 6.45) is 0. The monoisotopic (exact) mass is 428 g/mol. The first kappa shape index (κ1) is 19.3. The number of benzene rings is 3. The second kappa shape index (κ2) is 7.09. The minimum Gasteiger partial charge on any atom is -0.495 e. The van der Waals surface area contributed by atoms with E-state index in [0.29, 0.717) is 38.8 Å². The minimum absolute atomic E-state index is 0.217. The number of hydrogen-bond donors (Lipinski definition) is 1. The summed E-state index contributed by atoms with van der Waals surface area (Å²) >= 11 is 6.11. The highest BCUT2D eigenvalue weighted by molar-refractivity contribution is 7.93. The number of sulfonamides is 1. The molecule has 0 aromatic heterocycles. The summed E-state index contributed by atoms with van der Waals surface area (Å²) < 4.78 is 31.8. The molecular formula is C21H17ClN2O4S. The van der Waals surface area contributed by atoms with Gasteiger partial charge in [0.1, 0.15) is 5.75 Å². The molecule has 0 atom stereocenters. The number of nitrogens with one attached hydrogen (secondary N) is 1. The minimum atomic E-state index is -3.62. The number of amides is 1. The van der Waals surface area contributed by atoms with Crippen LogP contribution in [0.3, 0.4) is 0 Å². The Balaban J connectivity index is 1.72. The van der Waals surface area contributed by atoms with Crippen LogP contribution in [0.15, 0.2) is 65.6 Å². The van der Waals surface area contributed by atoms with Crippen molar-refractivity contribution < 1.29 is 17.9 Å².